The molecule has 1 amide bonds. The molecule has 1 saturated heterocycles. The Labute approximate surface area is 118 Å². The molecule has 0 saturated carbocycles. The first-order chi connectivity index (χ1) is 8.88. The molecule has 1 unspecified atom stereocenters. The summed E-state index contributed by atoms with van der Waals surface area (Å²) in [4.78, 5) is 14.5. The molecule has 3 atom stereocenters. The van der Waals surface area contributed by atoms with Crippen molar-refractivity contribution < 1.29 is 4.79 Å². The quantitative estimate of drug-likeness (QED) is 0.767. The van der Waals surface area contributed by atoms with Crippen LogP contribution in [0.25, 0.3) is 0 Å². The van der Waals surface area contributed by atoms with E-state index in [1.165, 1.54) is 0 Å². The van der Waals surface area contributed by atoms with Crippen LogP contribution in [0.5, 0.6) is 0 Å². The SMILES string of the molecule is CC(C)CC(CN(C)C)NC(=O)[C@H]1CCN[C@@H](C)C1. The summed E-state index contributed by atoms with van der Waals surface area (Å²) in [5, 5.41) is 6.66. The van der Waals surface area contributed by atoms with Gasteiger partial charge in [-0.05, 0) is 52.7 Å². The van der Waals surface area contributed by atoms with Gasteiger partial charge in [0.25, 0.3) is 0 Å². The van der Waals surface area contributed by atoms with E-state index in [0.717, 1.165) is 32.4 Å². The standard InChI is InChI=1S/C15H31N3O/c1-11(2)8-14(10-18(4)5)17-15(19)13-6-7-16-12(3)9-13/h11-14,16H,6-10H2,1-5H3,(H,17,19)/t12-,13-,14?/m0/s1. The molecule has 4 heteroatoms. The first kappa shape index (κ1) is 16.4. The summed E-state index contributed by atoms with van der Waals surface area (Å²) in [7, 11) is 4.12. The molecule has 1 rings (SSSR count). The molecule has 1 heterocycles. The van der Waals surface area contributed by atoms with Gasteiger partial charge in [-0.1, -0.05) is 13.8 Å². The summed E-state index contributed by atoms with van der Waals surface area (Å²) in [5.74, 6) is 1.05. The van der Waals surface area contributed by atoms with Gasteiger partial charge in [-0.25, -0.2) is 0 Å². The summed E-state index contributed by atoms with van der Waals surface area (Å²) < 4.78 is 0. The highest BCUT2D eigenvalue weighted by molar-refractivity contribution is 5.79. The number of amides is 1. The molecule has 1 aliphatic heterocycles. The second-order valence-corrected chi connectivity index (χ2v) is 6.67. The zero-order valence-corrected chi connectivity index (χ0v) is 13.2. The zero-order valence-electron chi connectivity index (χ0n) is 13.2. The van der Waals surface area contributed by atoms with Gasteiger partial charge in [0.15, 0.2) is 0 Å². The van der Waals surface area contributed by atoms with Crippen molar-refractivity contribution in [1.29, 1.82) is 0 Å². The fraction of sp³-hybridized carbons (Fsp3) is 0.933. The Morgan fingerprint density at radius 2 is 2.11 bits per heavy atom. The Kier molecular flexibility index (Phi) is 6.80. The molecule has 0 aliphatic carbocycles. The van der Waals surface area contributed by atoms with E-state index >= 15 is 0 Å². The van der Waals surface area contributed by atoms with E-state index in [1.807, 2.05) is 0 Å². The normalized spacial score (nSPS) is 25.6. The number of carbonyl (C=O) groups is 1. The molecule has 0 bridgehead atoms. The monoisotopic (exact) mass is 269 g/mol. The fourth-order valence-electron chi connectivity index (χ4n) is 2.88. The van der Waals surface area contributed by atoms with Crippen molar-refractivity contribution in [2.45, 2.75) is 52.1 Å². The highest BCUT2D eigenvalue weighted by atomic mass is 16.1. The maximum absolute atomic E-state index is 12.4. The molecule has 1 fully saturated rings. The first-order valence-electron chi connectivity index (χ1n) is 7.57. The molecular formula is C15H31N3O. The van der Waals surface area contributed by atoms with Crippen molar-refractivity contribution >= 4 is 5.91 Å². The second kappa shape index (κ2) is 7.85. The third-order valence-corrected chi connectivity index (χ3v) is 3.68. The minimum atomic E-state index is 0.188. The highest BCUT2D eigenvalue weighted by Gasteiger charge is 2.26. The van der Waals surface area contributed by atoms with Gasteiger partial charge in [-0.3, -0.25) is 4.79 Å². The smallest absolute Gasteiger partial charge is 0.223 e. The van der Waals surface area contributed by atoms with E-state index in [1.54, 1.807) is 0 Å². The van der Waals surface area contributed by atoms with E-state index in [9.17, 15) is 4.79 Å². The highest BCUT2D eigenvalue weighted by Crippen LogP contribution is 2.17. The summed E-state index contributed by atoms with van der Waals surface area (Å²) in [6.07, 6.45) is 2.97. The maximum atomic E-state index is 12.4. The van der Waals surface area contributed by atoms with Gasteiger partial charge in [0.2, 0.25) is 5.91 Å². The summed E-state index contributed by atoms with van der Waals surface area (Å²) in [5.41, 5.74) is 0. The van der Waals surface area contributed by atoms with Crippen LogP contribution in [-0.2, 0) is 4.79 Å². The van der Waals surface area contributed by atoms with Gasteiger partial charge >= 0.3 is 0 Å². The van der Waals surface area contributed by atoms with Gasteiger partial charge in [0, 0.05) is 24.5 Å². The molecule has 0 spiro atoms. The van der Waals surface area contributed by atoms with Crippen LogP contribution < -0.4 is 10.6 Å². The van der Waals surface area contributed by atoms with Gasteiger partial charge in [-0.2, -0.15) is 0 Å². The average molecular weight is 269 g/mol. The molecule has 2 N–H and O–H groups in total. The van der Waals surface area contributed by atoms with Crippen LogP contribution in [-0.4, -0.2) is 50.1 Å². The molecule has 0 aromatic heterocycles. The van der Waals surface area contributed by atoms with Crippen molar-refractivity contribution in [2.24, 2.45) is 11.8 Å². The average Bonchev–Trinajstić information content (AvgIpc) is 2.26. The summed E-state index contributed by atoms with van der Waals surface area (Å²) >= 11 is 0. The lowest BCUT2D eigenvalue weighted by Gasteiger charge is -2.30. The maximum Gasteiger partial charge on any atom is 0.223 e. The van der Waals surface area contributed by atoms with Crippen LogP contribution in [0.2, 0.25) is 0 Å². The van der Waals surface area contributed by atoms with Crippen molar-refractivity contribution in [1.82, 2.24) is 15.5 Å². The Bertz CT molecular complexity index is 269. The van der Waals surface area contributed by atoms with Crippen LogP contribution in [0.1, 0.15) is 40.0 Å². The number of piperidine rings is 1. The van der Waals surface area contributed by atoms with Crippen molar-refractivity contribution in [3.63, 3.8) is 0 Å². The number of hydrogen-bond acceptors (Lipinski definition) is 3. The Hall–Kier alpha value is -0.610. The minimum absolute atomic E-state index is 0.188. The van der Waals surface area contributed by atoms with Gasteiger partial charge in [-0.15, -0.1) is 0 Å². The molecule has 19 heavy (non-hydrogen) atoms. The Morgan fingerprint density at radius 1 is 1.42 bits per heavy atom. The van der Waals surface area contributed by atoms with Gasteiger partial charge in [0.1, 0.15) is 0 Å². The van der Waals surface area contributed by atoms with Crippen LogP contribution in [0, 0.1) is 11.8 Å². The Morgan fingerprint density at radius 3 is 2.63 bits per heavy atom. The lowest BCUT2D eigenvalue weighted by molar-refractivity contribution is -0.127. The molecule has 0 radical (unpaired) electrons. The van der Waals surface area contributed by atoms with Crippen LogP contribution in [0.3, 0.4) is 0 Å². The van der Waals surface area contributed by atoms with Gasteiger partial charge < -0.3 is 15.5 Å². The van der Waals surface area contributed by atoms with Crippen LogP contribution in [0.4, 0.5) is 0 Å². The third kappa shape index (κ3) is 6.39. The number of nitrogens with one attached hydrogen (secondary N) is 2. The number of rotatable bonds is 6. The first-order valence-corrected chi connectivity index (χ1v) is 7.57. The van der Waals surface area contributed by atoms with Crippen molar-refractivity contribution in [2.75, 3.05) is 27.2 Å². The van der Waals surface area contributed by atoms with E-state index in [4.69, 9.17) is 0 Å². The fourth-order valence-corrected chi connectivity index (χ4v) is 2.88. The third-order valence-electron chi connectivity index (χ3n) is 3.68. The van der Waals surface area contributed by atoms with Gasteiger partial charge in [0.05, 0.1) is 0 Å². The van der Waals surface area contributed by atoms with E-state index in [-0.39, 0.29) is 17.9 Å². The van der Waals surface area contributed by atoms with E-state index in [0.29, 0.717) is 12.0 Å². The number of likely N-dealkylation sites (N-methyl/N-ethyl adjacent to an activating group) is 1. The largest absolute Gasteiger partial charge is 0.352 e. The number of carbonyl (C=O) groups excluding carboxylic acids is 1. The van der Waals surface area contributed by atoms with E-state index < -0.39 is 0 Å². The summed E-state index contributed by atoms with van der Waals surface area (Å²) in [6, 6.07) is 0.731. The topological polar surface area (TPSA) is 44.4 Å². The minimum Gasteiger partial charge on any atom is -0.352 e. The lowest BCUT2D eigenvalue weighted by Crippen LogP contribution is -2.48. The van der Waals surface area contributed by atoms with E-state index in [2.05, 4.69) is 50.4 Å². The molecule has 0 aromatic rings. The second-order valence-electron chi connectivity index (χ2n) is 6.67. The Balaban J connectivity index is 2.49. The number of hydrogen-bond donors (Lipinski definition) is 2. The molecule has 1 aliphatic rings. The zero-order chi connectivity index (χ0) is 14.4. The van der Waals surface area contributed by atoms with Crippen LogP contribution >= 0.6 is 0 Å². The summed E-state index contributed by atoms with van der Waals surface area (Å²) in [6.45, 7) is 8.46. The molecule has 0 aromatic carbocycles. The van der Waals surface area contributed by atoms with Crippen molar-refractivity contribution in [3.8, 4) is 0 Å². The molecule has 112 valence electrons. The predicted molar refractivity (Wildman–Crippen MR) is 80.1 cm³/mol. The van der Waals surface area contributed by atoms with Crippen molar-refractivity contribution in [3.05, 3.63) is 0 Å². The number of nitrogens with zero attached hydrogens (tertiary/aromatic N) is 1. The molecule has 4 nitrogen and oxygen atoms in total. The predicted octanol–water partition coefficient (Wildman–Crippen LogP) is 1.47. The molecular weight excluding hydrogens is 238 g/mol. The van der Waals surface area contributed by atoms with Crippen LogP contribution in [0.15, 0.2) is 0 Å². The lowest BCUT2D eigenvalue weighted by atomic mass is 9.92.